The van der Waals surface area contributed by atoms with Crippen molar-refractivity contribution in [1.82, 2.24) is 0 Å². The van der Waals surface area contributed by atoms with Crippen LogP contribution in [-0.4, -0.2) is 5.78 Å². The Morgan fingerprint density at radius 1 is 1.25 bits per heavy atom. The van der Waals surface area contributed by atoms with Gasteiger partial charge < -0.3 is 4.79 Å². The Morgan fingerprint density at radius 3 is 1.92 bits per heavy atom. The van der Waals surface area contributed by atoms with Crippen molar-refractivity contribution in [2.75, 3.05) is 0 Å². The molecule has 0 fully saturated rings. The molecule has 0 radical (unpaired) electrons. The van der Waals surface area contributed by atoms with E-state index < -0.39 is 0 Å². The van der Waals surface area contributed by atoms with Gasteiger partial charge >= 0.3 is 0 Å². The van der Waals surface area contributed by atoms with Gasteiger partial charge in [-0.25, -0.2) is 4.39 Å². The minimum Gasteiger partial charge on any atom is -0.300 e. The number of aryl methyl sites for hydroxylation is 1. The third-order valence-electron chi connectivity index (χ3n) is 1.08. The smallest absolute Gasteiger partial charge is 0.126 e. The molecule has 0 heterocycles. The Kier molecular flexibility index (Phi) is 4.93. The van der Waals surface area contributed by atoms with E-state index >= 15 is 0 Å². The van der Waals surface area contributed by atoms with Crippen LogP contribution in [0.4, 0.5) is 4.39 Å². The highest BCUT2D eigenvalue weighted by Gasteiger charge is 1.88. The minimum absolute atomic E-state index is 0.132. The van der Waals surface area contributed by atoms with Crippen LogP contribution in [0.5, 0.6) is 0 Å². The SMILES string of the molecule is CC(C)=O.Cc1ccccc1F. The van der Waals surface area contributed by atoms with E-state index in [4.69, 9.17) is 0 Å². The summed E-state index contributed by atoms with van der Waals surface area (Å²) in [6.45, 7) is 4.80. The third-order valence-corrected chi connectivity index (χ3v) is 1.08. The molecule has 0 spiro atoms. The van der Waals surface area contributed by atoms with Crippen molar-refractivity contribution in [2.24, 2.45) is 0 Å². The zero-order chi connectivity index (χ0) is 9.56. The van der Waals surface area contributed by atoms with Crippen LogP contribution in [0.15, 0.2) is 24.3 Å². The zero-order valence-electron chi connectivity index (χ0n) is 7.60. The molecule has 1 nitrogen and oxygen atoms in total. The standard InChI is InChI=1S/C7H7F.C3H6O/c1-6-4-2-3-5-7(6)8;1-3(2)4/h2-5H,1H3;1-2H3. The largest absolute Gasteiger partial charge is 0.300 e. The molecule has 0 aliphatic heterocycles. The maximum Gasteiger partial charge on any atom is 0.126 e. The molecule has 0 aliphatic rings. The van der Waals surface area contributed by atoms with Gasteiger partial charge in [0.25, 0.3) is 0 Å². The molecule has 0 unspecified atom stereocenters. The summed E-state index contributed by atoms with van der Waals surface area (Å²) in [6.07, 6.45) is 0. The zero-order valence-corrected chi connectivity index (χ0v) is 7.60. The number of hydrogen-bond donors (Lipinski definition) is 0. The molecule has 0 saturated carbocycles. The summed E-state index contributed by atoms with van der Waals surface area (Å²) in [4.78, 5) is 9.44. The van der Waals surface area contributed by atoms with Gasteiger partial charge in [0, 0.05) is 0 Å². The Labute approximate surface area is 72.2 Å². The molecular formula is C10H13FO. The average molecular weight is 168 g/mol. The van der Waals surface area contributed by atoms with Crippen LogP contribution >= 0.6 is 0 Å². The van der Waals surface area contributed by atoms with Crippen LogP contribution in [0.3, 0.4) is 0 Å². The molecule has 2 heteroatoms. The molecule has 0 aliphatic carbocycles. The van der Waals surface area contributed by atoms with Crippen molar-refractivity contribution in [3.8, 4) is 0 Å². The number of Topliss-reactive ketones (excluding diaryl/α,β-unsaturated/α-hetero) is 1. The van der Waals surface area contributed by atoms with E-state index in [0.29, 0.717) is 5.56 Å². The molecule has 0 atom stereocenters. The second-order valence-corrected chi connectivity index (χ2v) is 2.66. The van der Waals surface area contributed by atoms with Crippen molar-refractivity contribution in [3.05, 3.63) is 35.6 Å². The average Bonchev–Trinajstić information content (AvgIpc) is 1.94. The molecule has 66 valence electrons. The predicted molar refractivity (Wildman–Crippen MR) is 47.5 cm³/mol. The molecular weight excluding hydrogens is 155 g/mol. The first-order valence-corrected chi connectivity index (χ1v) is 3.72. The molecule has 1 aromatic carbocycles. The normalized spacial score (nSPS) is 8.33. The summed E-state index contributed by atoms with van der Waals surface area (Å²) < 4.78 is 12.3. The quantitative estimate of drug-likeness (QED) is 0.582. The van der Waals surface area contributed by atoms with E-state index in [-0.39, 0.29) is 11.6 Å². The fourth-order valence-corrected chi connectivity index (χ4v) is 0.551. The fourth-order valence-electron chi connectivity index (χ4n) is 0.551. The summed E-state index contributed by atoms with van der Waals surface area (Å²) in [5.74, 6) is 0.0347. The topological polar surface area (TPSA) is 17.1 Å². The predicted octanol–water partition coefficient (Wildman–Crippen LogP) is 2.73. The van der Waals surface area contributed by atoms with Gasteiger partial charge in [-0.3, -0.25) is 0 Å². The van der Waals surface area contributed by atoms with Crippen LogP contribution in [-0.2, 0) is 4.79 Å². The number of carbonyl (C=O) groups excluding carboxylic acids is 1. The summed E-state index contributed by atoms with van der Waals surface area (Å²) in [5.41, 5.74) is 0.701. The number of hydrogen-bond acceptors (Lipinski definition) is 1. The summed E-state index contributed by atoms with van der Waals surface area (Å²) in [6, 6.07) is 6.70. The fraction of sp³-hybridized carbons (Fsp3) is 0.300. The molecule has 12 heavy (non-hydrogen) atoms. The van der Waals surface area contributed by atoms with E-state index in [1.165, 1.54) is 19.9 Å². The minimum atomic E-state index is -0.132. The van der Waals surface area contributed by atoms with E-state index in [1.54, 1.807) is 19.1 Å². The number of carbonyl (C=O) groups is 1. The highest BCUT2D eigenvalue weighted by atomic mass is 19.1. The van der Waals surface area contributed by atoms with Crippen molar-refractivity contribution in [3.63, 3.8) is 0 Å². The number of ketones is 1. The van der Waals surface area contributed by atoms with Gasteiger partial charge in [-0.1, -0.05) is 18.2 Å². The maximum absolute atomic E-state index is 12.3. The van der Waals surface area contributed by atoms with Gasteiger partial charge in [0.1, 0.15) is 11.6 Å². The molecule has 0 saturated heterocycles. The van der Waals surface area contributed by atoms with Gasteiger partial charge in [-0.15, -0.1) is 0 Å². The van der Waals surface area contributed by atoms with E-state index in [1.807, 2.05) is 6.07 Å². The lowest BCUT2D eigenvalue weighted by Crippen LogP contribution is -1.76. The van der Waals surface area contributed by atoms with Gasteiger partial charge in [0.05, 0.1) is 0 Å². The molecule has 0 N–H and O–H groups in total. The van der Waals surface area contributed by atoms with Gasteiger partial charge in [-0.2, -0.15) is 0 Å². The molecule has 1 aromatic rings. The Balaban J connectivity index is 0.000000261. The lowest BCUT2D eigenvalue weighted by Gasteiger charge is -1.89. The lowest BCUT2D eigenvalue weighted by atomic mass is 10.2. The molecule has 0 amide bonds. The Hall–Kier alpha value is -1.18. The second-order valence-electron chi connectivity index (χ2n) is 2.66. The van der Waals surface area contributed by atoms with Crippen LogP contribution < -0.4 is 0 Å². The van der Waals surface area contributed by atoms with Gasteiger partial charge in [-0.05, 0) is 32.4 Å². The van der Waals surface area contributed by atoms with E-state index in [9.17, 15) is 9.18 Å². The summed E-state index contributed by atoms with van der Waals surface area (Å²) >= 11 is 0. The highest BCUT2D eigenvalue weighted by molar-refractivity contribution is 5.72. The van der Waals surface area contributed by atoms with Crippen molar-refractivity contribution >= 4 is 5.78 Å². The summed E-state index contributed by atoms with van der Waals surface area (Å²) in [5, 5.41) is 0. The van der Waals surface area contributed by atoms with Crippen LogP contribution in [0.25, 0.3) is 0 Å². The second kappa shape index (κ2) is 5.47. The molecule has 0 bridgehead atoms. The first kappa shape index (κ1) is 10.8. The number of halogens is 1. The molecule has 1 rings (SSSR count). The maximum atomic E-state index is 12.3. The number of benzene rings is 1. The molecule has 0 aromatic heterocycles. The highest BCUT2D eigenvalue weighted by Crippen LogP contribution is 2.01. The monoisotopic (exact) mass is 168 g/mol. The third kappa shape index (κ3) is 5.59. The number of rotatable bonds is 0. The van der Waals surface area contributed by atoms with Gasteiger partial charge in [0.2, 0.25) is 0 Å². The van der Waals surface area contributed by atoms with Crippen LogP contribution in [0.1, 0.15) is 19.4 Å². The van der Waals surface area contributed by atoms with Crippen molar-refractivity contribution < 1.29 is 9.18 Å². The van der Waals surface area contributed by atoms with Crippen LogP contribution in [0.2, 0.25) is 0 Å². The Morgan fingerprint density at radius 2 is 1.67 bits per heavy atom. The summed E-state index contributed by atoms with van der Waals surface area (Å²) in [7, 11) is 0. The van der Waals surface area contributed by atoms with Crippen molar-refractivity contribution in [2.45, 2.75) is 20.8 Å². The van der Waals surface area contributed by atoms with E-state index in [2.05, 4.69) is 0 Å². The Bertz CT molecular complexity index is 231. The first-order chi connectivity index (χ1) is 5.54. The van der Waals surface area contributed by atoms with Gasteiger partial charge in [0.15, 0.2) is 0 Å². The van der Waals surface area contributed by atoms with E-state index in [0.717, 1.165) is 0 Å². The van der Waals surface area contributed by atoms with Crippen molar-refractivity contribution in [1.29, 1.82) is 0 Å². The lowest BCUT2D eigenvalue weighted by molar-refractivity contribution is -0.114. The first-order valence-electron chi connectivity index (χ1n) is 3.72. The van der Waals surface area contributed by atoms with Crippen LogP contribution in [0, 0.1) is 12.7 Å².